The number of nitrogens with one attached hydrogen (secondary N) is 2. The average Bonchev–Trinajstić information content (AvgIpc) is 2.71. The van der Waals surface area contributed by atoms with Crippen molar-refractivity contribution < 1.29 is 13.2 Å². The molecule has 2 atom stereocenters. The van der Waals surface area contributed by atoms with Crippen LogP contribution in [0.5, 0.6) is 0 Å². The van der Waals surface area contributed by atoms with E-state index in [1.807, 2.05) is 32.0 Å². The molecule has 0 bridgehead atoms. The highest BCUT2D eigenvalue weighted by Crippen LogP contribution is 2.24. The van der Waals surface area contributed by atoms with E-state index in [0.29, 0.717) is 30.0 Å². The van der Waals surface area contributed by atoms with E-state index >= 15 is 0 Å². The molecule has 2 heterocycles. The Morgan fingerprint density at radius 2 is 1.86 bits per heavy atom. The third-order valence-electron chi connectivity index (χ3n) is 4.77. The first-order valence-electron chi connectivity index (χ1n) is 9.48. The number of rotatable bonds is 6. The van der Waals surface area contributed by atoms with Crippen LogP contribution in [0.2, 0.25) is 0 Å². The van der Waals surface area contributed by atoms with E-state index in [1.165, 1.54) is 21.9 Å². The SMILES string of the molecule is COC(=N)c1ccc(CN(c2ccccc2)S(=O)(=O)N2C[C@@H](C)N[C@@H](C)C2)nc1. The van der Waals surface area contributed by atoms with Gasteiger partial charge >= 0.3 is 10.2 Å². The molecule has 8 nitrogen and oxygen atoms in total. The Morgan fingerprint density at radius 1 is 1.21 bits per heavy atom. The molecule has 3 rings (SSSR count). The fourth-order valence-corrected chi connectivity index (χ4v) is 5.21. The fourth-order valence-electron chi connectivity index (χ4n) is 3.42. The lowest BCUT2D eigenvalue weighted by Crippen LogP contribution is -2.58. The van der Waals surface area contributed by atoms with E-state index in [9.17, 15) is 8.42 Å². The molecule has 9 heteroatoms. The van der Waals surface area contributed by atoms with Crippen LogP contribution < -0.4 is 9.62 Å². The number of nitrogens with zero attached hydrogens (tertiary/aromatic N) is 3. The van der Waals surface area contributed by atoms with E-state index in [2.05, 4.69) is 10.3 Å². The molecule has 0 saturated carbocycles. The molecule has 0 spiro atoms. The Labute approximate surface area is 172 Å². The third-order valence-corrected chi connectivity index (χ3v) is 6.62. The molecule has 1 saturated heterocycles. The highest BCUT2D eigenvalue weighted by molar-refractivity contribution is 7.90. The van der Waals surface area contributed by atoms with Crippen LogP contribution in [0.1, 0.15) is 25.1 Å². The molecule has 1 aromatic heterocycles. The molecule has 0 unspecified atom stereocenters. The van der Waals surface area contributed by atoms with Crippen molar-refractivity contribution in [3.05, 3.63) is 59.9 Å². The zero-order valence-electron chi connectivity index (χ0n) is 16.9. The summed E-state index contributed by atoms with van der Waals surface area (Å²) < 4.78 is 34.9. The first-order valence-corrected chi connectivity index (χ1v) is 10.9. The second-order valence-electron chi connectivity index (χ2n) is 7.21. The van der Waals surface area contributed by atoms with Crippen LogP contribution in [0.4, 0.5) is 5.69 Å². The number of ether oxygens (including phenoxy) is 1. The Hall–Kier alpha value is -2.49. The van der Waals surface area contributed by atoms with Crippen LogP contribution in [0.25, 0.3) is 0 Å². The van der Waals surface area contributed by atoms with Crippen molar-refractivity contribution in [2.24, 2.45) is 0 Å². The summed E-state index contributed by atoms with van der Waals surface area (Å²) in [6.45, 7) is 4.88. The number of benzene rings is 1. The minimum atomic E-state index is -3.75. The van der Waals surface area contributed by atoms with Gasteiger partial charge in [0.25, 0.3) is 0 Å². The van der Waals surface area contributed by atoms with Gasteiger partial charge < -0.3 is 10.1 Å². The molecule has 156 valence electrons. The Balaban J connectivity index is 1.92. The number of piperazine rings is 1. The smallest absolute Gasteiger partial charge is 0.304 e. The first-order chi connectivity index (χ1) is 13.8. The number of anilines is 1. The first kappa shape index (κ1) is 21.2. The lowest BCUT2D eigenvalue weighted by molar-refractivity contribution is 0.262. The molecule has 2 N–H and O–H groups in total. The molecule has 0 aliphatic carbocycles. The van der Waals surface area contributed by atoms with Crippen molar-refractivity contribution in [3.63, 3.8) is 0 Å². The maximum atomic E-state index is 13.5. The molecule has 29 heavy (non-hydrogen) atoms. The lowest BCUT2D eigenvalue weighted by Gasteiger charge is -2.38. The Morgan fingerprint density at radius 3 is 2.41 bits per heavy atom. The second-order valence-corrected chi connectivity index (χ2v) is 9.06. The fraction of sp³-hybridized carbons (Fsp3) is 0.400. The number of para-hydroxylation sites is 1. The summed E-state index contributed by atoms with van der Waals surface area (Å²) in [4.78, 5) is 4.34. The van der Waals surface area contributed by atoms with Crippen molar-refractivity contribution >= 4 is 21.8 Å². The average molecular weight is 418 g/mol. The number of aromatic nitrogens is 1. The van der Waals surface area contributed by atoms with Gasteiger partial charge in [0.15, 0.2) is 0 Å². The number of hydrogen-bond donors (Lipinski definition) is 2. The van der Waals surface area contributed by atoms with Crippen LogP contribution in [0, 0.1) is 5.41 Å². The molecule has 1 aliphatic rings. The van der Waals surface area contributed by atoms with Gasteiger partial charge in [-0.15, -0.1) is 0 Å². The molecule has 0 amide bonds. The Bertz CT molecular complexity index is 924. The van der Waals surface area contributed by atoms with Gasteiger partial charge in [-0.1, -0.05) is 18.2 Å². The normalized spacial score (nSPS) is 20.2. The maximum Gasteiger partial charge on any atom is 0.304 e. The number of pyridine rings is 1. The Kier molecular flexibility index (Phi) is 6.51. The molecule has 2 aromatic rings. The summed E-state index contributed by atoms with van der Waals surface area (Å²) in [6, 6.07) is 12.6. The standard InChI is InChI=1S/C20H27N5O3S/c1-15-12-24(13-16(2)23-15)29(26,27)25(19-7-5-4-6-8-19)14-18-10-9-17(11-22-18)20(21)28-3/h4-11,15-16,21,23H,12-14H2,1-3H3/t15-,16+. The summed E-state index contributed by atoms with van der Waals surface area (Å²) in [5.41, 5.74) is 1.71. The summed E-state index contributed by atoms with van der Waals surface area (Å²) in [7, 11) is -2.33. The van der Waals surface area contributed by atoms with Crippen LogP contribution in [0.3, 0.4) is 0 Å². The van der Waals surface area contributed by atoms with Gasteiger partial charge in [0.05, 0.1) is 30.6 Å². The van der Waals surface area contributed by atoms with Crippen molar-refractivity contribution in [2.45, 2.75) is 32.5 Å². The number of hydrogen-bond acceptors (Lipinski definition) is 6. The summed E-state index contributed by atoms with van der Waals surface area (Å²) in [6.07, 6.45) is 1.52. The monoisotopic (exact) mass is 417 g/mol. The van der Waals surface area contributed by atoms with Gasteiger partial charge in [0.1, 0.15) is 0 Å². The predicted molar refractivity (Wildman–Crippen MR) is 113 cm³/mol. The molecule has 1 fully saturated rings. The van der Waals surface area contributed by atoms with Gasteiger partial charge in [-0.2, -0.15) is 12.7 Å². The molecule has 1 aromatic carbocycles. The second kappa shape index (κ2) is 8.89. The van der Waals surface area contributed by atoms with Gasteiger partial charge in [0, 0.05) is 31.4 Å². The van der Waals surface area contributed by atoms with Gasteiger partial charge in [-0.05, 0) is 38.1 Å². The summed E-state index contributed by atoms with van der Waals surface area (Å²) >= 11 is 0. The zero-order chi connectivity index (χ0) is 21.0. The predicted octanol–water partition coefficient (Wildman–Crippen LogP) is 1.99. The highest BCUT2D eigenvalue weighted by Gasteiger charge is 2.35. The van der Waals surface area contributed by atoms with Crippen molar-refractivity contribution in [1.82, 2.24) is 14.6 Å². The molecule has 1 aliphatic heterocycles. The quantitative estimate of drug-likeness (QED) is 0.553. The van der Waals surface area contributed by atoms with Crippen LogP contribution in [-0.4, -0.2) is 55.9 Å². The van der Waals surface area contributed by atoms with E-state index < -0.39 is 10.2 Å². The minimum Gasteiger partial charge on any atom is -0.481 e. The van der Waals surface area contributed by atoms with Crippen LogP contribution >= 0.6 is 0 Å². The van der Waals surface area contributed by atoms with E-state index in [0.717, 1.165) is 0 Å². The zero-order valence-corrected chi connectivity index (χ0v) is 17.7. The number of methoxy groups -OCH3 is 1. The molecular formula is C20H27N5O3S. The maximum absolute atomic E-state index is 13.5. The highest BCUT2D eigenvalue weighted by atomic mass is 32.2. The summed E-state index contributed by atoms with van der Waals surface area (Å²) in [5, 5.41) is 11.1. The van der Waals surface area contributed by atoms with Crippen LogP contribution in [-0.2, 0) is 21.5 Å². The molecular weight excluding hydrogens is 390 g/mol. The van der Waals surface area contributed by atoms with E-state index in [1.54, 1.807) is 24.3 Å². The third kappa shape index (κ3) is 4.92. The summed E-state index contributed by atoms with van der Waals surface area (Å²) in [5.74, 6) is 0.0142. The largest absolute Gasteiger partial charge is 0.481 e. The van der Waals surface area contributed by atoms with E-state index in [4.69, 9.17) is 10.1 Å². The van der Waals surface area contributed by atoms with Gasteiger partial charge in [-0.25, -0.2) is 0 Å². The van der Waals surface area contributed by atoms with Crippen molar-refractivity contribution in [3.8, 4) is 0 Å². The van der Waals surface area contributed by atoms with Gasteiger partial charge in [-0.3, -0.25) is 14.7 Å². The minimum absolute atomic E-state index is 0.0142. The van der Waals surface area contributed by atoms with Crippen LogP contribution in [0.15, 0.2) is 48.7 Å². The topological polar surface area (TPSA) is 98.6 Å². The van der Waals surface area contributed by atoms with Gasteiger partial charge in [0.2, 0.25) is 5.90 Å². The lowest BCUT2D eigenvalue weighted by atomic mass is 10.2. The van der Waals surface area contributed by atoms with E-state index in [-0.39, 0.29) is 24.5 Å². The van der Waals surface area contributed by atoms with Crippen molar-refractivity contribution in [1.29, 1.82) is 5.41 Å². The molecule has 0 radical (unpaired) electrons. The van der Waals surface area contributed by atoms with Crippen molar-refractivity contribution in [2.75, 3.05) is 24.5 Å².